The summed E-state index contributed by atoms with van der Waals surface area (Å²) in [7, 11) is -1.19. The third kappa shape index (κ3) is 5.95. The summed E-state index contributed by atoms with van der Waals surface area (Å²) in [5.74, 6) is 0. The van der Waals surface area contributed by atoms with Crippen LogP contribution in [0.15, 0.2) is 38.0 Å². The predicted octanol–water partition coefficient (Wildman–Crippen LogP) is 4.48. The van der Waals surface area contributed by atoms with Crippen LogP contribution in [0.2, 0.25) is 0 Å². The fourth-order valence-electron chi connectivity index (χ4n) is 2.22. The molecule has 0 saturated carbocycles. The van der Waals surface area contributed by atoms with Gasteiger partial charge in [0.05, 0.1) is 0 Å². The first-order valence-corrected chi connectivity index (χ1v) is 8.90. The Balaban J connectivity index is 4.36. The zero-order valence-corrected chi connectivity index (χ0v) is 11.3. The Labute approximate surface area is 96.5 Å². The summed E-state index contributed by atoms with van der Waals surface area (Å²) < 4.78 is 0. The molecule has 0 unspecified atom stereocenters. The molecule has 0 aliphatic carbocycles. The monoisotopic (exact) mass is 226 g/mol. The van der Waals surface area contributed by atoms with Gasteiger partial charge in [0.1, 0.15) is 0 Å². The van der Waals surface area contributed by atoms with E-state index in [1.807, 2.05) is 0 Å². The number of hydrogen-bond donors (Lipinski definition) is 0. The average molecular weight is 226 g/mol. The van der Waals surface area contributed by atoms with E-state index in [0.717, 1.165) is 0 Å². The number of rotatable bonds is 10. The van der Waals surface area contributed by atoms with Gasteiger partial charge in [-0.05, 0) is 0 Å². The van der Waals surface area contributed by atoms with Crippen molar-refractivity contribution < 1.29 is 0 Å². The first-order chi connectivity index (χ1) is 7.24. The van der Waals surface area contributed by atoms with Gasteiger partial charge < -0.3 is 0 Å². The van der Waals surface area contributed by atoms with Crippen molar-refractivity contribution in [2.45, 2.75) is 26.2 Å². The first kappa shape index (κ1) is 14.6. The molecule has 15 heavy (non-hydrogen) atoms. The van der Waals surface area contributed by atoms with Crippen LogP contribution in [0.3, 0.4) is 0 Å². The molecule has 0 aromatic heterocycles. The van der Waals surface area contributed by atoms with E-state index in [1.165, 1.54) is 43.9 Å². The second kappa shape index (κ2) is 8.92. The molecule has 88 valence electrons. The van der Waals surface area contributed by atoms with Crippen LogP contribution in [-0.2, 0) is 0 Å². The Hall–Kier alpha value is -0.350. The van der Waals surface area contributed by atoms with E-state index in [0.29, 0.717) is 0 Å². The summed E-state index contributed by atoms with van der Waals surface area (Å²) in [5.41, 5.74) is 0. The van der Waals surface area contributed by atoms with E-state index in [1.54, 1.807) is 0 Å². The van der Waals surface area contributed by atoms with E-state index < -0.39 is 7.26 Å². The maximum absolute atomic E-state index is 3.90. The fraction of sp³-hybridized carbons (Fsp3) is 0.571. The summed E-state index contributed by atoms with van der Waals surface area (Å²) in [4.78, 5) is 0. The van der Waals surface area contributed by atoms with Crippen molar-refractivity contribution in [1.82, 2.24) is 0 Å². The van der Waals surface area contributed by atoms with Gasteiger partial charge in [0.2, 0.25) is 0 Å². The van der Waals surface area contributed by atoms with E-state index in [4.69, 9.17) is 0 Å². The standard InChI is InChI=1S/C14H27P/c1-5-9-10-14-15(11-6-2,12-7-3)13-8-4/h6-8,15H,2-5,9-14H2,1H3. The van der Waals surface area contributed by atoms with Crippen molar-refractivity contribution in [2.24, 2.45) is 0 Å². The zero-order chi connectivity index (χ0) is 11.6. The quantitative estimate of drug-likeness (QED) is 0.292. The zero-order valence-electron chi connectivity index (χ0n) is 10.3. The van der Waals surface area contributed by atoms with Crippen LogP contribution in [0, 0.1) is 0 Å². The fourth-order valence-corrected chi connectivity index (χ4v) is 6.17. The molecule has 0 amide bonds. The first-order valence-electron chi connectivity index (χ1n) is 6.07. The molecule has 1 heteroatoms. The van der Waals surface area contributed by atoms with Crippen LogP contribution < -0.4 is 0 Å². The van der Waals surface area contributed by atoms with Gasteiger partial charge in [-0.2, -0.15) is 0 Å². The molecule has 0 N–H and O–H groups in total. The molecule has 0 aromatic carbocycles. The molecule has 0 aromatic rings. The second-order valence-electron chi connectivity index (χ2n) is 4.44. The van der Waals surface area contributed by atoms with Crippen molar-refractivity contribution >= 4 is 7.26 Å². The van der Waals surface area contributed by atoms with E-state index in [-0.39, 0.29) is 0 Å². The van der Waals surface area contributed by atoms with Crippen molar-refractivity contribution in [2.75, 3.05) is 24.6 Å². The number of allylic oxidation sites excluding steroid dienone is 3. The van der Waals surface area contributed by atoms with Crippen LogP contribution in [0.4, 0.5) is 0 Å². The Bertz CT molecular complexity index is 167. The van der Waals surface area contributed by atoms with Gasteiger partial charge in [-0.15, -0.1) is 0 Å². The molecule has 0 bridgehead atoms. The Morgan fingerprint density at radius 2 is 1.33 bits per heavy atom. The van der Waals surface area contributed by atoms with Crippen molar-refractivity contribution in [3.63, 3.8) is 0 Å². The average Bonchev–Trinajstić information content (AvgIpc) is 2.19. The maximum atomic E-state index is 3.90. The van der Waals surface area contributed by atoms with E-state index >= 15 is 0 Å². The molecule has 0 nitrogen and oxygen atoms in total. The molecule has 0 aliphatic heterocycles. The second-order valence-corrected chi connectivity index (χ2v) is 9.16. The Morgan fingerprint density at radius 1 is 0.867 bits per heavy atom. The molecule has 0 spiro atoms. The van der Waals surface area contributed by atoms with E-state index in [2.05, 4.69) is 44.9 Å². The molecule has 0 aliphatic rings. The molecule has 0 heterocycles. The normalized spacial score (nSPS) is 12.1. The Morgan fingerprint density at radius 3 is 1.67 bits per heavy atom. The third-order valence-electron chi connectivity index (χ3n) is 3.04. The minimum absolute atomic E-state index is 1.19. The van der Waals surface area contributed by atoms with E-state index in [9.17, 15) is 0 Å². The van der Waals surface area contributed by atoms with Gasteiger partial charge in [0, 0.05) is 0 Å². The summed E-state index contributed by atoms with van der Waals surface area (Å²) in [6, 6.07) is 0. The SMILES string of the molecule is C=CC[PH](CC=C)(CC=C)CCCCC. The minimum atomic E-state index is -1.19. The Kier molecular flexibility index (Phi) is 8.71. The van der Waals surface area contributed by atoms with Crippen molar-refractivity contribution in [1.29, 1.82) is 0 Å². The van der Waals surface area contributed by atoms with Crippen molar-refractivity contribution in [3.05, 3.63) is 38.0 Å². The summed E-state index contributed by atoms with van der Waals surface area (Å²) in [6.07, 6.45) is 15.4. The third-order valence-corrected chi connectivity index (χ3v) is 7.92. The van der Waals surface area contributed by atoms with Gasteiger partial charge in [0.25, 0.3) is 0 Å². The molecule has 0 radical (unpaired) electrons. The summed E-state index contributed by atoms with van der Waals surface area (Å²) in [6.45, 7) is 14.0. The topological polar surface area (TPSA) is 0 Å². The number of unbranched alkanes of at least 4 members (excludes halogenated alkanes) is 2. The van der Waals surface area contributed by atoms with Crippen molar-refractivity contribution in [3.8, 4) is 0 Å². The molecule has 0 rings (SSSR count). The summed E-state index contributed by atoms with van der Waals surface area (Å²) in [5, 5.41) is 0. The van der Waals surface area contributed by atoms with Gasteiger partial charge in [-0.25, -0.2) is 0 Å². The predicted molar refractivity (Wildman–Crippen MR) is 77.9 cm³/mol. The summed E-state index contributed by atoms with van der Waals surface area (Å²) >= 11 is 0. The van der Waals surface area contributed by atoms with Crippen LogP contribution in [0.1, 0.15) is 26.2 Å². The van der Waals surface area contributed by atoms with Gasteiger partial charge in [-0.3, -0.25) is 0 Å². The number of hydrogen-bond acceptors (Lipinski definition) is 0. The van der Waals surface area contributed by atoms with Crippen LogP contribution >= 0.6 is 7.26 Å². The molecule has 0 fully saturated rings. The van der Waals surface area contributed by atoms with Crippen LogP contribution in [-0.4, -0.2) is 24.6 Å². The van der Waals surface area contributed by atoms with Gasteiger partial charge >= 0.3 is 96.1 Å². The molecule has 0 atom stereocenters. The molecular formula is C14H27P. The van der Waals surface area contributed by atoms with Gasteiger partial charge in [-0.1, -0.05) is 0 Å². The van der Waals surface area contributed by atoms with Crippen LogP contribution in [0.5, 0.6) is 0 Å². The van der Waals surface area contributed by atoms with Gasteiger partial charge in [0.15, 0.2) is 0 Å². The molecular weight excluding hydrogens is 199 g/mol. The molecule has 0 saturated heterocycles. The van der Waals surface area contributed by atoms with Crippen LogP contribution in [0.25, 0.3) is 0 Å².